The summed E-state index contributed by atoms with van der Waals surface area (Å²) in [6.45, 7) is 0. The Labute approximate surface area is 125 Å². The van der Waals surface area contributed by atoms with Gasteiger partial charge in [-0.05, 0) is 24.3 Å². The molecule has 1 heterocycles. The van der Waals surface area contributed by atoms with Gasteiger partial charge in [0.05, 0.1) is 33.5 Å². The van der Waals surface area contributed by atoms with Gasteiger partial charge in [-0.3, -0.25) is 4.79 Å². The maximum Gasteiger partial charge on any atom is 0.234 e. The number of carbonyl (C=O) groups is 1. The lowest BCUT2D eigenvalue weighted by atomic mass is 10.3. The molecule has 0 aliphatic heterocycles. The summed E-state index contributed by atoms with van der Waals surface area (Å²) in [5, 5.41) is 3.56. The highest BCUT2D eigenvalue weighted by atomic mass is 35.5. The fourth-order valence-electron chi connectivity index (χ4n) is 1.43. The standard InChI is InChI=1S/C13H11Cl2NO2S/c14-10-4-1-5-11(15)13(10)16-12(17)8-19-7-9-3-2-6-18-9/h1-6H,7-8H2,(H,16,17). The Balaban J connectivity index is 1.84. The minimum Gasteiger partial charge on any atom is -0.468 e. The van der Waals surface area contributed by atoms with Crippen LogP contribution in [0.15, 0.2) is 41.0 Å². The Hall–Kier alpha value is -1.10. The van der Waals surface area contributed by atoms with Crippen molar-refractivity contribution in [3.8, 4) is 0 Å². The van der Waals surface area contributed by atoms with Crippen LogP contribution in [-0.4, -0.2) is 11.7 Å². The van der Waals surface area contributed by atoms with Gasteiger partial charge in [0.25, 0.3) is 0 Å². The van der Waals surface area contributed by atoms with Crippen LogP contribution >= 0.6 is 35.0 Å². The average Bonchev–Trinajstić information content (AvgIpc) is 2.87. The molecule has 0 aliphatic rings. The molecule has 1 amide bonds. The van der Waals surface area contributed by atoms with Crippen LogP contribution in [-0.2, 0) is 10.5 Å². The normalized spacial score (nSPS) is 10.4. The molecule has 1 aromatic heterocycles. The van der Waals surface area contributed by atoms with Crippen LogP contribution in [0.4, 0.5) is 5.69 Å². The topological polar surface area (TPSA) is 42.2 Å². The fourth-order valence-corrected chi connectivity index (χ4v) is 2.65. The van der Waals surface area contributed by atoms with Gasteiger partial charge in [0.1, 0.15) is 5.76 Å². The van der Waals surface area contributed by atoms with Gasteiger partial charge in [0.2, 0.25) is 5.91 Å². The highest BCUT2D eigenvalue weighted by molar-refractivity contribution is 7.99. The zero-order chi connectivity index (χ0) is 13.7. The summed E-state index contributed by atoms with van der Waals surface area (Å²) >= 11 is 13.4. The van der Waals surface area contributed by atoms with E-state index < -0.39 is 0 Å². The van der Waals surface area contributed by atoms with E-state index in [9.17, 15) is 4.79 Å². The monoisotopic (exact) mass is 315 g/mol. The fraction of sp³-hybridized carbons (Fsp3) is 0.154. The number of nitrogens with one attached hydrogen (secondary N) is 1. The van der Waals surface area contributed by atoms with E-state index in [-0.39, 0.29) is 5.91 Å². The van der Waals surface area contributed by atoms with Crippen molar-refractivity contribution >= 4 is 46.6 Å². The number of amides is 1. The van der Waals surface area contributed by atoms with E-state index in [0.717, 1.165) is 5.76 Å². The second-order valence-corrected chi connectivity index (χ2v) is 5.52. The van der Waals surface area contributed by atoms with Gasteiger partial charge < -0.3 is 9.73 Å². The number of benzene rings is 1. The zero-order valence-electron chi connectivity index (χ0n) is 9.86. The van der Waals surface area contributed by atoms with Gasteiger partial charge in [-0.1, -0.05) is 29.3 Å². The van der Waals surface area contributed by atoms with Crippen LogP contribution in [0.1, 0.15) is 5.76 Å². The van der Waals surface area contributed by atoms with Crippen LogP contribution < -0.4 is 5.32 Å². The van der Waals surface area contributed by atoms with E-state index in [1.54, 1.807) is 24.5 Å². The molecule has 1 N–H and O–H groups in total. The summed E-state index contributed by atoms with van der Waals surface area (Å²) in [6.07, 6.45) is 1.61. The number of para-hydroxylation sites is 1. The lowest BCUT2D eigenvalue weighted by Gasteiger charge is -2.08. The first-order valence-corrected chi connectivity index (χ1v) is 7.42. The van der Waals surface area contributed by atoms with E-state index in [1.807, 2.05) is 12.1 Å². The van der Waals surface area contributed by atoms with Gasteiger partial charge in [-0.25, -0.2) is 0 Å². The lowest BCUT2D eigenvalue weighted by molar-refractivity contribution is -0.113. The van der Waals surface area contributed by atoms with E-state index in [2.05, 4.69) is 5.32 Å². The number of furan rings is 1. The van der Waals surface area contributed by atoms with Crippen molar-refractivity contribution in [3.05, 3.63) is 52.4 Å². The quantitative estimate of drug-likeness (QED) is 0.885. The summed E-state index contributed by atoms with van der Waals surface area (Å²) in [7, 11) is 0. The summed E-state index contributed by atoms with van der Waals surface area (Å²) in [5.74, 6) is 1.65. The zero-order valence-corrected chi connectivity index (χ0v) is 12.2. The van der Waals surface area contributed by atoms with Gasteiger partial charge in [0.15, 0.2) is 0 Å². The average molecular weight is 316 g/mol. The van der Waals surface area contributed by atoms with Crippen LogP contribution in [0.3, 0.4) is 0 Å². The maximum atomic E-state index is 11.8. The molecule has 2 rings (SSSR count). The predicted molar refractivity (Wildman–Crippen MR) is 80.0 cm³/mol. The van der Waals surface area contributed by atoms with Crippen molar-refractivity contribution in [2.45, 2.75) is 5.75 Å². The van der Waals surface area contributed by atoms with Crippen molar-refractivity contribution in [2.75, 3.05) is 11.1 Å². The molecule has 1 aromatic carbocycles. The number of hydrogen-bond acceptors (Lipinski definition) is 3. The molecule has 100 valence electrons. The highest BCUT2D eigenvalue weighted by Crippen LogP contribution is 2.29. The Kier molecular flexibility index (Phi) is 5.19. The van der Waals surface area contributed by atoms with Crippen molar-refractivity contribution in [1.82, 2.24) is 0 Å². The summed E-state index contributed by atoms with van der Waals surface area (Å²) in [5.41, 5.74) is 0.453. The molecular weight excluding hydrogens is 305 g/mol. The molecule has 0 unspecified atom stereocenters. The second-order valence-electron chi connectivity index (χ2n) is 3.72. The largest absolute Gasteiger partial charge is 0.468 e. The Morgan fingerprint density at radius 1 is 1.21 bits per heavy atom. The number of hydrogen-bond donors (Lipinski definition) is 1. The van der Waals surface area contributed by atoms with Crippen molar-refractivity contribution in [3.63, 3.8) is 0 Å². The highest BCUT2D eigenvalue weighted by Gasteiger charge is 2.09. The molecule has 0 saturated heterocycles. The number of carbonyl (C=O) groups excluding carboxylic acids is 1. The van der Waals surface area contributed by atoms with Crippen LogP contribution in [0.2, 0.25) is 10.0 Å². The number of thioether (sulfide) groups is 1. The molecule has 0 atom stereocenters. The summed E-state index contributed by atoms with van der Waals surface area (Å²) < 4.78 is 5.18. The second kappa shape index (κ2) is 6.89. The molecule has 19 heavy (non-hydrogen) atoms. The molecule has 0 saturated carbocycles. The molecule has 0 aliphatic carbocycles. The van der Waals surface area contributed by atoms with E-state index in [1.165, 1.54) is 11.8 Å². The Bertz CT molecular complexity index is 538. The summed E-state index contributed by atoms with van der Waals surface area (Å²) in [6, 6.07) is 8.78. The number of anilines is 1. The SMILES string of the molecule is O=C(CSCc1ccco1)Nc1c(Cl)cccc1Cl. The predicted octanol–water partition coefficient (Wildman–Crippen LogP) is 4.46. The third-order valence-corrected chi connectivity index (χ3v) is 3.87. The van der Waals surface area contributed by atoms with Crippen molar-refractivity contribution in [1.29, 1.82) is 0 Å². The minimum absolute atomic E-state index is 0.147. The van der Waals surface area contributed by atoms with E-state index in [4.69, 9.17) is 27.6 Å². The van der Waals surface area contributed by atoms with Crippen LogP contribution in [0, 0.1) is 0 Å². The molecule has 6 heteroatoms. The molecule has 0 fully saturated rings. The Morgan fingerprint density at radius 2 is 1.95 bits per heavy atom. The first-order valence-electron chi connectivity index (χ1n) is 5.51. The van der Waals surface area contributed by atoms with Crippen molar-refractivity contribution in [2.24, 2.45) is 0 Å². The van der Waals surface area contributed by atoms with Crippen LogP contribution in [0.25, 0.3) is 0 Å². The van der Waals surface area contributed by atoms with Crippen LogP contribution in [0.5, 0.6) is 0 Å². The molecule has 0 radical (unpaired) electrons. The molecular formula is C13H11Cl2NO2S. The van der Waals surface area contributed by atoms with Gasteiger partial charge >= 0.3 is 0 Å². The van der Waals surface area contributed by atoms with E-state index >= 15 is 0 Å². The Morgan fingerprint density at radius 3 is 2.58 bits per heavy atom. The molecule has 0 bridgehead atoms. The molecule has 3 nitrogen and oxygen atoms in total. The molecule has 0 spiro atoms. The first kappa shape index (κ1) is 14.3. The number of halogens is 2. The third kappa shape index (κ3) is 4.20. The van der Waals surface area contributed by atoms with Gasteiger partial charge in [-0.2, -0.15) is 0 Å². The van der Waals surface area contributed by atoms with Crippen molar-refractivity contribution < 1.29 is 9.21 Å². The third-order valence-electron chi connectivity index (χ3n) is 2.28. The number of rotatable bonds is 5. The summed E-state index contributed by atoms with van der Waals surface area (Å²) in [4.78, 5) is 11.8. The molecule has 2 aromatic rings. The lowest BCUT2D eigenvalue weighted by Crippen LogP contribution is -2.14. The van der Waals surface area contributed by atoms with Gasteiger partial charge in [0, 0.05) is 0 Å². The smallest absolute Gasteiger partial charge is 0.234 e. The minimum atomic E-state index is -0.147. The van der Waals surface area contributed by atoms with E-state index in [0.29, 0.717) is 27.2 Å². The van der Waals surface area contributed by atoms with Gasteiger partial charge in [-0.15, -0.1) is 11.8 Å². The maximum absolute atomic E-state index is 11.8. The first-order chi connectivity index (χ1) is 9.16.